The number of rotatable bonds is 9. The van der Waals surface area contributed by atoms with E-state index in [1.54, 1.807) is 0 Å². The van der Waals surface area contributed by atoms with E-state index in [0.717, 1.165) is 45.2 Å². The molecule has 4 rings (SSSR count). The van der Waals surface area contributed by atoms with Crippen LogP contribution in [0.15, 0.2) is 48.5 Å². The lowest BCUT2D eigenvalue weighted by atomic mass is 9.83. The number of ketones is 1. The fourth-order valence-corrected chi connectivity index (χ4v) is 6.25. The Bertz CT molecular complexity index is 1200. The third-order valence-corrected chi connectivity index (χ3v) is 8.66. The first-order valence-electron chi connectivity index (χ1n) is 15.5. The quantitative estimate of drug-likeness (QED) is 0.406. The first kappa shape index (κ1) is 31.0. The molecule has 2 aromatic rings. The summed E-state index contributed by atoms with van der Waals surface area (Å²) in [6.45, 7) is 12.6. The van der Waals surface area contributed by atoms with Crippen LogP contribution in [0.4, 0.5) is 0 Å². The Kier molecular flexibility index (Phi) is 10.4. The van der Waals surface area contributed by atoms with Crippen LogP contribution < -0.4 is 10.6 Å². The predicted octanol–water partition coefficient (Wildman–Crippen LogP) is 5.82. The molecular weight excluding hydrogens is 510 g/mol. The summed E-state index contributed by atoms with van der Waals surface area (Å²) < 4.78 is 0. The van der Waals surface area contributed by atoms with Crippen molar-refractivity contribution in [1.29, 1.82) is 0 Å². The van der Waals surface area contributed by atoms with Crippen molar-refractivity contribution in [2.75, 3.05) is 13.1 Å². The number of nitrogens with zero attached hydrogens (tertiary/aromatic N) is 1. The molecule has 1 heterocycles. The number of fused-ring (bicyclic) bond motifs is 1. The van der Waals surface area contributed by atoms with Crippen molar-refractivity contribution in [3.05, 3.63) is 70.8 Å². The maximum Gasteiger partial charge on any atom is 0.251 e. The summed E-state index contributed by atoms with van der Waals surface area (Å²) in [5.74, 6) is -0.257. The normalized spacial score (nSPS) is 20.5. The molecule has 0 spiro atoms. The molecule has 0 radical (unpaired) electrons. The number of Topliss-reactive ketones (excluding diaryl/α,β-unsaturated/α-hetero) is 1. The van der Waals surface area contributed by atoms with E-state index in [1.165, 1.54) is 16.7 Å². The summed E-state index contributed by atoms with van der Waals surface area (Å²) in [5.41, 5.74) is 4.45. The molecule has 1 fully saturated rings. The second-order valence-corrected chi connectivity index (χ2v) is 13.5. The van der Waals surface area contributed by atoms with Crippen molar-refractivity contribution in [2.45, 2.75) is 104 Å². The van der Waals surface area contributed by atoms with E-state index < -0.39 is 6.04 Å². The molecule has 2 aromatic carbocycles. The van der Waals surface area contributed by atoms with E-state index in [1.807, 2.05) is 24.3 Å². The topological polar surface area (TPSA) is 78.5 Å². The number of carbonyl (C=O) groups is 3. The number of nitrogens with one attached hydrogen (secondary N) is 2. The van der Waals surface area contributed by atoms with E-state index in [4.69, 9.17) is 0 Å². The van der Waals surface area contributed by atoms with Crippen LogP contribution >= 0.6 is 0 Å². The molecule has 222 valence electrons. The molecule has 2 amide bonds. The number of amides is 2. The van der Waals surface area contributed by atoms with E-state index >= 15 is 0 Å². The Morgan fingerprint density at radius 1 is 0.927 bits per heavy atom. The average molecular weight is 560 g/mol. The molecule has 6 nitrogen and oxygen atoms in total. The van der Waals surface area contributed by atoms with E-state index in [9.17, 15) is 14.4 Å². The van der Waals surface area contributed by atoms with Crippen molar-refractivity contribution in [3.63, 3.8) is 0 Å². The van der Waals surface area contributed by atoms with Gasteiger partial charge < -0.3 is 10.6 Å². The Labute approximate surface area is 246 Å². The van der Waals surface area contributed by atoms with Gasteiger partial charge in [-0.15, -0.1) is 0 Å². The summed E-state index contributed by atoms with van der Waals surface area (Å²) in [6.07, 6.45) is 6.06. The second kappa shape index (κ2) is 13.8. The van der Waals surface area contributed by atoms with E-state index in [0.29, 0.717) is 24.9 Å². The lowest BCUT2D eigenvalue weighted by Gasteiger charge is -2.33. The van der Waals surface area contributed by atoms with Gasteiger partial charge in [0.05, 0.1) is 18.5 Å². The average Bonchev–Trinajstić information content (AvgIpc) is 3.14. The van der Waals surface area contributed by atoms with Gasteiger partial charge in [-0.05, 0) is 78.8 Å². The molecule has 1 aliphatic heterocycles. The standard InChI is InChI=1S/C35H49N3O3/c1-24(2)21-31(32(39)23-38-20-10-13-25-11-6-7-12-27(25)22-38)37-34(41)29-14-8-9-15-30(29)36-33(40)26-16-18-28(19-17-26)35(3,4)5/h6-7,11-12,16-19,24,29-31H,8-10,13-15,20-23H2,1-5H3,(H,36,40)(H,37,41)/t29-,30+,31+/m1/s1. The maximum absolute atomic E-state index is 13.7. The zero-order valence-electron chi connectivity index (χ0n) is 25.7. The molecule has 1 aliphatic carbocycles. The maximum atomic E-state index is 13.7. The Hall–Kier alpha value is -2.99. The van der Waals surface area contributed by atoms with Crippen LogP contribution in [-0.2, 0) is 28.0 Å². The molecular formula is C35H49N3O3. The summed E-state index contributed by atoms with van der Waals surface area (Å²) in [5, 5.41) is 6.30. The van der Waals surface area contributed by atoms with Gasteiger partial charge in [0.2, 0.25) is 5.91 Å². The number of benzene rings is 2. The number of carbonyl (C=O) groups excluding carboxylic acids is 3. The zero-order chi connectivity index (χ0) is 29.6. The Balaban J connectivity index is 1.40. The summed E-state index contributed by atoms with van der Waals surface area (Å²) in [6, 6.07) is 15.5. The second-order valence-electron chi connectivity index (χ2n) is 13.5. The molecule has 3 atom stereocenters. The van der Waals surface area contributed by atoms with Gasteiger partial charge in [0.15, 0.2) is 5.78 Å². The van der Waals surface area contributed by atoms with Crippen molar-refractivity contribution in [2.24, 2.45) is 11.8 Å². The molecule has 41 heavy (non-hydrogen) atoms. The highest BCUT2D eigenvalue weighted by atomic mass is 16.2. The summed E-state index contributed by atoms with van der Waals surface area (Å²) in [4.78, 5) is 42.6. The van der Waals surface area contributed by atoms with E-state index in [-0.39, 0.29) is 40.9 Å². The fourth-order valence-electron chi connectivity index (χ4n) is 6.25. The highest BCUT2D eigenvalue weighted by Gasteiger charge is 2.35. The third-order valence-electron chi connectivity index (χ3n) is 8.66. The van der Waals surface area contributed by atoms with Crippen LogP contribution in [0.5, 0.6) is 0 Å². The van der Waals surface area contributed by atoms with Crippen LogP contribution in [-0.4, -0.2) is 47.7 Å². The first-order valence-corrected chi connectivity index (χ1v) is 15.5. The van der Waals surface area contributed by atoms with Crippen LogP contribution in [0.1, 0.15) is 100 Å². The van der Waals surface area contributed by atoms with Crippen LogP contribution in [0, 0.1) is 11.8 Å². The lowest BCUT2D eigenvalue weighted by molar-refractivity contribution is -0.132. The SMILES string of the molecule is CC(C)C[C@H](NC(=O)[C@@H]1CCCC[C@@H]1NC(=O)c1ccc(C(C)(C)C)cc1)C(=O)CN1CCCc2ccccc2C1. The van der Waals surface area contributed by atoms with Crippen molar-refractivity contribution in [1.82, 2.24) is 15.5 Å². The van der Waals surface area contributed by atoms with Crippen molar-refractivity contribution in [3.8, 4) is 0 Å². The van der Waals surface area contributed by atoms with Gasteiger partial charge in [-0.2, -0.15) is 0 Å². The van der Waals surface area contributed by atoms with Crippen LogP contribution in [0.3, 0.4) is 0 Å². The molecule has 2 aliphatic rings. The zero-order valence-corrected chi connectivity index (χ0v) is 25.7. The molecule has 0 aromatic heterocycles. The van der Waals surface area contributed by atoms with Gasteiger partial charge in [0.25, 0.3) is 5.91 Å². The predicted molar refractivity (Wildman–Crippen MR) is 165 cm³/mol. The third kappa shape index (κ3) is 8.51. The van der Waals surface area contributed by atoms with Gasteiger partial charge in [0, 0.05) is 18.2 Å². The molecule has 0 unspecified atom stereocenters. The smallest absolute Gasteiger partial charge is 0.251 e. The fraction of sp³-hybridized carbons (Fsp3) is 0.571. The van der Waals surface area contributed by atoms with E-state index in [2.05, 4.69) is 74.4 Å². The van der Waals surface area contributed by atoms with Gasteiger partial charge >= 0.3 is 0 Å². The molecule has 2 N–H and O–H groups in total. The molecule has 0 bridgehead atoms. The highest BCUT2D eigenvalue weighted by molar-refractivity contribution is 5.95. The van der Waals surface area contributed by atoms with Gasteiger partial charge in [-0.3, -0.25) is 19.3 Å². The number of hydrogen-bond acceptors (Lipinski definition) is 4. The number of aryl methyl sites for hydroxylation is 1. The van der Waals surface area contributed by atoms with Crippen LogP contribution in [0.2, 0.25) is 0 Å². The minimum atomic E-state index is -0.524. The van der Waals surface area contributed by atoms with Gasteiger partial charge in [-0.25, -0.2) is 0 Å². The van der Waals surface area contributed by atoms with Crippen molar-refractivity contribution < 1.29 is 14.4 Å². The van der Waals surface area contributed by atoms with Crippen LogP contribution in [0.25, 0.3) is 0 Å². The molecule has 1 saturated carbocycles. The Morgan fingerprint density at radius 2 is 1.61 bits per heavy atom. The summed E-state index contributed by atoms with van der Waals surface area (Å²) >= 11 is 0. The Morgan fingerprint density at radius 3 is 2.29 bits per heavy atom. The largest absolute Gasteiger partial charge is 0.349 e. The molecule has 0 saturated heterocycles. The first-order chi connectivity index (χ1) is 19.5. The number of hydrogen-bond donors (Lipinski definition) is 2. The lowest BCUT2D eigenvalue weighted by Crippen LogP contribution is -2.53. The highest BCUT2D eigenvalue weighted by Crippen LogP contribution is 2.27. The minimum Gasteiger partial charge on any atom is -0.349 e. The van der Waals surface area contributed by atoms with Gasteiger partial charge in [0.1, 0.15) is 0 Å². The molecule has 6 heteroatoms. The summed E-state index contributed by atoms with van der Waals surface area (Å²) in [7, 11) is 0. The van der Waals surface area contributed by atoms with Crippen molar-refractivity contribution >= 4 is 17.6 Å². The minimum absolute atomic E-state index is 0.0171. The monoisotopic (exact) mass is 559 g/mol. The van der Waals surface area contributed by atoms with Gasteiger partial charge in [-0.1, -0.05) is 83.9 Å².